The number of hydrogen-bond acceptors (Lipinski definition) is 5. The summed E-state index contributed by atoms with van der Waals surface area (Å²) < 4.78 is 1.41. The maximum atomic E-state index is 11.5. The summed E-state index contributed by atoms with van der Waals surface area (Å²) in [5.41, 5.74) is 9.36. The van der Waals surface area contributed by atoms with Crippen molar-refractivity contribution in [2.45, 2.75) is 19.7 Å². The summed E-state index contributed by atoms with van der Waals surface area (Å²) in [5, 5.41) is 7.55. The first-order valence-electron chi connectivity index (χ1n) is 5.81. The first-order chi connectivity index (χ1) is 9.28. The van der Waals surface area contributed by atoms with Gasteiger partial charge in [0.2, 0.25) is 0 Å². The van der Waals surface area contributed by atoms with Crippen LogP contribution in [0.4, 0.5) is 0 Å². The normalized spacial score (nSPS) is 10.4. The van der Waals surface area contributed by atoms with Crippen LogP contribution in [0, 0.1) is 0 Å². The van der Waals surface area contributed by atoms with Crippen molar-refractivity contribution in [3.63, 3.8) is 0 Å². The number of nitrogens with one attached hydrogen (secondary N) is 1. The Bertz CT molecular complexity index is 526. The standard InChI is InChI=1S/C12H15N5O2/c13-6-11-7-17(16-14-11)8-12(18)15-19-9-10-4-2-1-3-5-10/h1-5,7H,6,8-9,13H2,(H,15,18). The minimum absolute atomic E-state index is 0.0434. The van der Waals surface area contributed by atoms with Gasteiger partial charge in [-0.2, -0.15) is 0 Å². The number of carbonyl (C=O) groups excluding carboxylic acids is 1. The summed E-state index contributed by atoms with van der Waals surface area (Å²) in [6.07, 6.45) is 1.62. The molecule has 2 rings (SSSR count). The van der Waals surface area contributed by atoms with E-state index < -0.39 is 0 Å². The van der Waals surface area contributed by atoms with Crippen molar-refractivity contribution >= 4 is 5.91 Å². The zero-order chi connectivity index (χ0) is 13.5. The van der Waals surface area contributed by atoms with Crippen LogP contribution >= 0.6 is 0 Å². The van der Waals surface area contributed by atoms with Gasteiger partial charge in [0.05, 0.1) is 18.5 Å². The Hall–Kier alpha value is -2.25. The Morgan fingerprint density at radius 3 is 2.84 bits per heavy atom. The van der Waals surface area contributed by atoms with Crippen LogP contribution in [0.25, 0.3) is 0 Å². The molecule has 0 bridgehead atoms. The Kier molecular flexibility index (Phi) is 4.60. The summed E-state index contributed by atoms with van der Waals surface area (Å²) in [6, 6.07) is 9.56. The number of rotatable bonds is 6. The van der Waals surface area contributed by atoms with Gasteiger partial charge in [-0.05, 0) is 5.56 Å². The largest absolute Gasteiger partial charge is 0.325 e. The van der Waals surface area contributed by atoms with Crippen molar-refractivity contribution in [1.82, 2.24) is 20.5 Å². The second kappa shape index (κ2) is 6.62. The lowest BCUT2D eigenvalue weighted by Crippen LogP contribution is -2.27. The fourth-order valence-electron chi connectivity index (χ4n) is 1.46. The Balaban J connectivity index is 1.73. The Labute approximate surface area is 110 Å². The molecule has 0 saturated carbocycles. The van der Waals surface area contributed by atoms with Gasteiger partial charge in [-0.25, -0.2) is 10.2 Å². The third-order valence-corrected chi connectivity index (χ3v) is 2.37. The summed E-state index contributed by atoms with van der Waals surface area (Å²) in [7, 11) is 0. The number of amides is 1. The fourth-order valence-corrected chi connectivity index (χ4v) is 1.46. The van der Waals surface area contributed by atoms with Crippen LogP contribution in [0.1, 0.15) is 11.3 Å². The number of hydrogen-bond donors (Lipinski definition) is 2. The van der Waals surface area contributed by atoms with Crippen LogP contribution in [0.2, 0.25) is 0 Å². The molecule has 0 aliphatic carbocycles. The van der Waals surface area contributed by atoms with Crippen LogP contribution in [-0.4, -0.2) is 20.9 Å². The van der Waals surface area contributed by atoms with E-state index in [0.29, 0.717) is 18.8 Å². The van der Waals surface area contributed by atoms with Gasteiger partial charge in [0.1, 0.15) is 6.54 Å². The average Bonchev–Trinajstić information content (AvgIpc) is 2.87. The predicted octanol–water partition coefficient (Wildman–Crippen LogP) is -0.0152. The maximum Gasteiger partial charge on any atom is 0.265 e. The molecule has 19 heavy (non-hydrogen) atoms. The highest BCUT2D eigenvalue weighted by Gasteiger charge is 2.05. The van der Waals surface area contributed by atoms with Crippen molar-refractivity contribution in [1.29, 1.82) is 0 Å². The molecule has 7 heteroatoms. The smallest absolute Gasteiger partial charge is 0.265 e. The van der Waals surface area contributed by atoms with Gasteiger partial charge in [-0.1, -0.05) is 35.5 Å². The van der Waals surface area contributed by atoms with Gasteiger partial charge in [0.25, 0.3) is 5.91 Å². The molecule has 0 unspecified atom stereocenters. The molecule has 1 aromatic heterocycles. The summed E-state index contributed by atoms with van der Waals surface area (Å²) >= 11 is 0. The number of hydroxylamine groups is 1. The summed E-state index contributed by atoms with van der Waals surface area (Å²) in [6.45, 7) is 0.659. The zero-order valence-electron chi connectivity index (χ0n) is 10.3. The first-order valence-corrected chi connectivity index (χ1v) is 5.81. The fraction of sp³-hybridized carbons (Fsp3) is 0.250. The van der Waals surface area contributed by atoms with Gasteiger partial charge >= 0.3 is 0 Å². The van der Waals surface area contributed by atoms with Crippen molar-refractivity contribution < 1.29 is 9.63 Å². The molecule has 0 fully saturated rings. The molecule has 1 amide bonds. The quantitative estimate of drug-likeness (QED) is 0.713. The van der Waals surface area contributed by atoms with E-state index in [1.807, 2.05) is 30.3 Å². The van der Waals surface area contributed by atoms with E-state index in [4.69, 9.17) is 10.6 Å². The number of benzene rings is 1. The Morgan fingerprint density at radius 1 is 1.37 bits per heavy atom. The van der Waals surface area contributed by atoms with E-state index in [1.165, 1.54) is 4.68 Å². The number of nitrogens with two attached hydrogens (primary N) is 1. The number of aromatic nitrogens is 3. The van der Waals surface area contributed by atoms with Crippen LogP contribution in [0.5, 0.6) is 0 Å². The van der Waals surface area contributed by atoms with Gasteiger partial charge in [0.15, 0.2) is 0 Å². The molecule has 1 aromatic carbocycles. The van der Waals surface area contributed by atoms with Crippen LogP contribution < -0.4 is 11.2 Å². The zero-order valence-corrected chi connectivity index (χ0v) is 10.3. The molecule has 0 radical (unpaired) electrons. The van der Waals surface area contributed by atoms with Gasteiger partial charge in [-0.3, -0.25) is 9.63 Å². The molecule has 100 valence electrons. The lowest BCUT2D eigenvalue weighted by atomic mass is 10.2. The molecule has 7 nitrogen and oxygen atoms in total. The van der Waals surface area contributed by atoms with Crippen LogP contribution in [-0.2, 0) is 29.3 Å². The molecule has 2 aromatic rings. The van der Waals surface area contributed by atoms with Crippen molar-refractivity contribution in [2.75, 3.05) is 0 Å². The first kappa shape index (κ1) is 13.2. The lowest BCUT2D eigenvalue weighted by Gasteiger charge is -2.05. The molecular weight excluding hydrogens is 246 g/mol. The predicted molar refractivity (Wildman–Crippen MR) is 67.3 cm³/mol. The van der Waals surface area contributed by atoms with Gasteiger partial charge < -0.3 is 5.73 Å². The molecule has 0 spiro atoms. The van der Waals surface area contributed by atoms with E-state index in [1.54, 1.807) is 6.20 Å². The average molecular weight is 261 g/mol. The highest BCUT2D eigenvalue weighted by atomic mass is 16.6. The topological polar surface area (TPSA) is 95.1 Å². The van der Waals surface area contributed by atoms with Crippen molar-refractivity contribution in [3.8, 4) is 0 Å². The van der Waals surface area contributed by atoms with E-state index in [-0.39, 0.29) is 12.5 Å². The monoisotopic (exact) mass is 261 g/mol. The highest BCUT2D eigenvalue weighted by Crippen LogP contribution is 1.99. The van der Waals surface area contributed by atoms with Crippen molar-refractivity contribution in [2.24, 2.45) is 5.73 Å². The molecule has 0 saturated heterocycles. The molecule has 0 aliphatic rings. The van der Waals surface area contributed by atoms with E-state index >= 15 is 0 Å². The number of nitrogens with zero attached hydrogens (tertiary/aromatic N) is 3. The van der Waals surface area contributed by atoms with Crippen molar-refractivity contribution in [3.05, 3.63) is 47.8 Å². The van der Waals surface area contributed by atoms with E-state index in [0.717, 1.165) is 5.56 Å². The maximum absolute atomic E-state index is 11.5. The molecule has 1 heterocycles. The number of carbonyl (C=O) groups is 1. The van der Waals surface area contributed by atoms with E-state index in [2.05, 4.69) is 15.8 Å². The Morgan fingerprint density at radius 2 is 2.16 bits per heavy atom. The third kappa shape index (κ3) is 4.16. The molecular formula is C12H15N5O2. The summed E-state index contributed by atoms with van der Waals surface area (Å²) in [5.74, 6) is -0.301. The van der Waals surface area contributed by atoms with Gasteiger partial charge in [0, 0.05) is 6.54 Å². The van der Waals surface area contributed by atoms with Crippen LogP contribution in [0.15, 0.2) is 36.5 Å². The van der Waals surface area contributed by atoms with Gasteiger partial charge in [-0.15, -0.1) is 5.10 Å². The molecule has 3 N–H and O–H groups in total. The van der Waals surface area contributed by atoms with Crippen LogP contribution in [0.3, 0.4) is 0 Å². The van der Waals surface area contributed by atoms with E-state index in [9.17, 15) is 4.79 Å². The minimum Gasteiger partial charge on any atom is -0.325 e. The molecule has 0 atom stereocenters. The SMILES string of the molecule is NCc1cn(CC(=O)NOCc2ccccc2)nn1. The second-order valence-electron chi connectivity index (χ2n) is 3.91. The summed E-state index contributed by atoms with van der Waals surface area (Å²) in [4.78, 5) is 16.6. The third-order valence-electron chi connectivity index (χ3n) is 2.37. The minimum atomic E-state index is -0.301. The second-order valence-corrected chi connectivity index (χ2v) is 3.91. The lowest BCUT2D eigenvalue weighted by molar-refractivity contribution is -0.135. The molecule has 0 aliphatic heterocycles. The highest BCUT2D eigenvalue weighted by molar-refractivity contribution is 5.74.